The highest BCUT2D eigenvalue weighted by Crippen LogP contribution is 2.30. The molecule has 0 aromatic rings. The van der Waals surface area contributed by atoms with Crippen molar-refractivity contribution in [2.75, 3.05) is 6.79 Å². The Hall–Kier alpha value is -0.220. The average Bonchev–Trinajstić information content (AvgIpc) is 2.15. The number of hydrogen-bond acceptors (Lipinski definition) is 2. The van der Waals surface area contributed by atoms with Crippen LogP contribution in [-0.2, 0) is 9.47 Å². The predicted octanol–water partition coefficient (Wildman–Crippen LogP) is 1.36. The fourth-order valence-corrected chi connectivity index (χ4v) is 0.644. The van der Waals surface area contributed by atoms with Gasteiger partial charge in [0, 0.05) is 6.42 Å². The molecule has 2 atom stereocenters. The van der Waals surface area contributed by atoms with E-state index in [2.05, 4.69) is 9.47 Å². The van der Waals surface area contributed by atoms with E-state index in [9.17, 15) is 8.78 Å². The summed E-state index contributed by atoms with van der Waals surface area (Å²) in [5.41, 5.74) is 0. The molecule has 1 fully saturated rings. The maximum Gasteiger partial charge on any atom is 0.267 e. The molecule has 0 aromatic heterocycles. The second kappa shape index (κ2) is 2.19. The van der Waals surface area contributed by atoms with Crippen LogP contribution in [0.5, 0.6) is 0 Å². The second-order valence-electron chi connectivity index (χ2n) is 1.88. The zero-order valence-corrected chi connectivity index (χ0v) is 5.06. The normalized spacial score (nSPS) is 43.7. The Morgan fingerprint density at radius 3 is 2.67 bits per heavy atom. The van der Waals surface area contributed by atoms with Crippen molar-refractivity contribution in [1.29, 1.82) is 0 Å². The molecule has 2 unspecified atom stereocenters. The van der Waals surface area contributed by atoms with Crippen molar-refractivity contribution in [2.24, 2.45) is 0 Å². The Labute approximate surface area is 51.8 Å². The molecule has 1 saturated heterocycles. The zero-order valence-electron chi connectivity index (χ0n) is 5.06. The Balaban J connectivity index is 2.56. The van der Waals surface area contributed by atoms with E-state index >= 15 is 0 Å². The molecule has 2 nitrogen and oxygen atoms in total. The molecule has 1 aliphatic rings. The minimum Gasteiger partial charge on any atom is -0.317 e. The third kappa shape index (κ3) is 1.04. The largest absolute Gasteiger partial charge is 0.317 e. The van der Waals surface area contributed by atoms with Gasteiger partial charge in [-0.2, -0.15) is 0 Å². The first kappa shape index (κ1) is 6.89. The van der Waals surface area contributed by atoms with Crippen LogP contribution < -0.4 is 0 Å². The van der Waals surface area contributed by atoms with Gasteiger partial charge < -0.3 is 9.47 Å². The van der Waals surface area contributed by atoms with E-state index in [0.717, 1.165) is 0 Å². The van der Waals surface area contributed by atoms with Crippen molar-refractivity contribution in [3.8, 4) is 0 Å². The van der Waals surface area contributed by atoms with Gasteiger partial charge >= 0.3 is 0 Å². The van der Waals surface area contributed by atoms with Crippen LogP contribution in [0.1, 0.15) is 13.3 Å². The summed E-state index contributed by atoms with van der Waals surface area (Å²) in [6.45, 7) is 1.22. The smallest absolute Gasteiger partial charge is 0.267 e. The lowest BCUT2D eigenvalue weighted by Gasteiger charge is -2.15. The van der Waals surface area contributed by atoms with Gasteiger partial charge in [0.25, 0.3) is 12.2 Å². The van der Waals surface area contributed by atoms with E-state index in [1.165, 1.54) is 6.92 Å². The van der Waals surface area contributed by atoms with Gasteiger partial charge in [-0.3, -0.25) is 0 Å². The molecule has 0 amide bonds. The van der Waals surface area contributed by atoms with Gasteiger partial charge in [0.1, 0.15) is 0 Å². The first-order chi connectivity index (χ1) is 4.19. The molecule has 0 saturated carbocycles. The second-order valence-corrected chi connectivity index (χ2v) is 1.88. The standard InChI is InChI=1S/C5H8F2O2/c1-2-5(7)4(6)8-3-9-5/h4H,2-3H2,1H3. The van der Waals surface area contributed by atoms with Gasteiger partial charge in [-0.1, -0.05) is 6.92 Å². The summed E-state index contributed by atoms with van der Waals surface area (Å²) in [5.74, 6) is -2.19. The highest BCUT2D eigenvalue weighted by molar-refractivity contribution is 4.72. The van der Waals surface area contributed by atoms with Crippen LogP contribution in [0.25, 0.3) is 0 Å². The summed E-state index contributed by atoms with van der Waals surface area (Å²) in [7, 11) is 0. The first-order valence-corrected chi connectivity index (χ1v) is 2.77. The van der Waals surface area contributed by atoms with Gasteiger partial charge in [-0.05, 0) is 0 Å². The summed E-state index contributed by atoms with van der Waals surface area (Å²) in [6, 6.07) is 0. The molecular formula is C5H8F2O2. The van der Waals surface area contributed by atoms with Gasteiger partial charge in [-0.25, -0.2) is 8.78 Å². The van der Waals surface area contributed by atoms with Crippen molar-refractivity contribution in [3.63, 3.8) is 0 Å². The average molecular weight is 138 g/mol. The number of hydrogen-bond donors (Lipinski definition) is 0. The van der Waals surface area contributed by atoms with E-state index in [1.807, 2.05) is 0 Å². The number of halogens is 2. The topological polar surface area (TPSA) is 18.5 Å². The molecule has 54 valence electrons. The molecule has 1 aliphatic heterocycles. The third-order valence-corrected chi connectivity index (χ3v) is 1.33. The minimum absolute atomic E-state index is 0.0197. The van der Waals surface area contributed by atoms with Crippen molar-refractivity contribution in [1.82, 2.24) is 0 Å². The molecule has 1 heterocycles. The summed E-state index contributed by atoms with van der Waals surface area (Å²) in [5, 5.41) is 0. The van der Waals surface area contributed by atoms with Gasteiger partial charge in [0.05, 0.1) is 0 Å². The third-order valence-electron chi connectivity index (χ3n) is 1.33. The lowest BCUT2D eigenvalue weighted by atomic mass is 10.2. The van der Waals surface area contributed by atoms with Crippen LogP contribution in [0.3, 0.4) is 0 Å². The monoisotopic (exact) mass is 138 g/mol. The molecule has 0 spiro atoms. The lowest BCUT2D eigenvalue weighted by Crippen LogP contribution is -2.30. The SMILES string of the molecule is CCC1(F)OCOC1F. The molecule has 0 aliphatic carbocycles. The van der Waals surface area contributed by atoms with Gasteiger partial charge in [0.15, 0.2) is 6.79 Å². The van der Waals surface area contributed by atoms with Gasteiger partial charge in [0.2, 0.25) is 0 Å². The molecular weight excluding hydrogens is 130 g/mol. The summed E-state index contributed by atoms with van der Waals surface area (Å²) < 4.78 is 33.5. The van der Waals surface area contributed by atoms with Crippen molar-refractivity contribution >= 4 is 0 Å². The lowest BCUT2D eigenvalue weighted by molar-refractivity contribution is -0.145. The van der Waals surface area contributed by atoms with E-state index in [1.54, 1.807) is 0 Å². The fraction of sp³-hybridized carbons (Fsp3) is 1.00. The summed E-state index contributed by atoms with van der Waals surface area (Å²) >= 11 is 0. The Morgan fingerprint density at radius 2 is 2.44 bits per heavy atom. The van der Waals surface area contributed by atoms with Gasteiger partial charge in [-0.15, -0.1) is 0 Å². The molecule has 0 bridgehead atoms. The van der Waals surface area contributed by atoms with Crippen molar-refractivity contribution < 1.29 is 18.3 Å². The van der Waals surface area contributed by atoms with Crippen LogP contribution in [0.4, 0.5) is 8.78 Å². The predicted molar refractivity (Wildman–Crippen MR) is 26.1 cm³/mol. The van der Waals surface area contributed by atoms with E-state index in [0.29, 0.717) is 0 Å². The van der Waals surface area contributed by atoms with Crippen LogP contribution in [0.2, 0.25) is 0 Å². The molecule has 4 heteroatoms. The van der Waals surface area contributed by atoms with E-state index in [4.69, 9.17) is 0 Å². The maximum absolute atomic E-state index is 12.7. The maximum atomic E-state index is 12.7. The molecule has 1 rings (SSSR count). The first-order valence-electron chi connectivity index (χ1n) is 2.77. The number of ether oxygens (including phenoxy) is 2. The van der Waals surface area contributed by atoms with Crippen LogP contribution in [0, 0.1) is 0 Å². The fourth-order valence-electron chi connectivity index (χ4n) is 0.644. The zero-order chi connectivity index (χ0) is 6.91. The highest BCUT2D eigenvalue weighted by atomic mass is 19.2. The molecule has 0 radical (unpaired) electrons. The summed E-state index contributed by atoms with van der Waals surface area (Å²) in [4.78, 5) is 0. The molecule has 0 N–H and O–H groups in total. The Bertz CT molecular complexity index is 109. The van der Waals surface area contributed by atoms with Crippen LogP contribution in [0.15, 0.2) is 0 Å². The van der Waals surface area contributed by atoms with Crippen molar-refractivity contribution in [2.45, 2.75) is 25.6 Å². The number of rotatable bonds is 1. The summed E-state index contributed by atoms with van der Waals surface area (Å²) in [6.07, 6.45) is -1.93. The van der Waals surface area contributed by atoms with E-state index in [-0.39, 0.29) is 13.2 Å². The van der Waals surface area contributed by atoms with E-state index < -0.39 is 12.2 Å². The Kier molecular flexibility index (Phi) is 1.68. The quantitative estimate of drug-likeness (QED) is 0.544. The molecule has 9 heavy (non-hydrogen) atoms. The Morgan fingerprint density at radius 1 is 1.78 bits per heavy atom. The van der Waals surface area contributed by atoms with Crippen molar-refractivity contribution in [3.05, 3.63) is 0 Å². The molecule has 0 aromatic carbocycles. The number of alkyl halides is 2. The highest BCUT2D eigenvalue weighted by Gasteiger charge is 2.45. The van der Waals surface area contributed by atoms with Crippen LogP contribution >= 0.6 is 0 Å². The van der Waals surface area contributed by atoms with Crippen LogP contribution in [-0.4, -0.2) is 19.0 Å². The minimum atomic E-state index is -2.19.